The third kappa shape index (κ3) is 8.68. The van der Waals surface area contributed by atoms with Crippen molar-refractivity contribution in [1.29, 1.82) is 0 Å². The Kier molecular flexibility index (Phi) is 10.0. The standard InChI is InChI=1S/C29H39N7O5S/c1-6-7-13-40-27(38)30-15-19-11-12-36(17-19)22-10-8-9-20(14-22)25-33-23(24(37)32-21-16-31-35(5)18-21)26(42-25)34-28(39)41-29(2,3)4/h8-10,14,16,18-19H,6-7,11-13,15,17H2,1-5H3,(H,30,38)(H,32,37)(H,34,39)/t19-/m1/s1. The number of aryl methyl sites for hydroxylation is 1. The fourth-order valence-electron chi connectivity index (χ4n) is 4.41. The highest BCUT2D eigenvalue weighted by molar-refractivity contribution is 7.19. The van der Waals surface area contributed by atoms with Crippen molar-refractivity contribution in [1.82, 2.24) is 20.1 Å². The number of hydrogen-bond acceptors (Lipinski definition) is 9. The van der Waals surface area contributed by atoms with E-state index in [4.69, 9.17) is 9.47 Å². The van der Waals surface area contributed by atoms with Gasteiger partial charge in [-0.05, 0) is 51.7 Å². The van der Waals surface area contributed by atoms with E-state index in [1.54, 1.807) is 38.7 Å². The molecule has 0 unspecified atom stereocenters. The van der Waals surface area contributed by atoms with E-state index in [2.05, 4.69) is 37.9 Å². The Morgan fingerprint density at radius 1 is 1.17 bits per heavy atom. The number of hydrogen-bond donors (Lipinski definition) is 3. The second-order valence-corrected chi connectivity index (χ2v) is 12.2. The van der Waals surface area contributed by atoms with Crippen molar-refractivity contribution in [3.63, 3.8) is 0 Å². The number of rotatable bonds is 10. The summed E-state index contributed by atoms with van der Waals surface area (Å²) in [5.41, 5.74) is 1.70. The van der Waals surface area contributed by atoms with E-state index < -0.39 is 17.6 Å². The van der Waals surface area contributed by atoms with Crippen LogP contribution in [0.25, 0.3) is 10.6 Å². The number of anilines is 3. The number of unbranched alkanes of at least 4 members (excludes halogenated alkanes) is 1. The van der Waals surface area contributed by atoms with Gasteiger partial charge in [0.25, 0.3) is 5.91 Å². The number of carbonyl (C=O) groups is 3. The van der Waals surface area contributed by atoms with Crippen molar-refractivity contribution >= 4 is 45.8 Å². The lowest BCUT2D eigenvalue weighted by molar-refractivity contribution is 0.0636. The molecule has 0 spiro atoms. The minimum absolute atomic E-state index is 0.0771. The van der Waals surface area contributed by atoms with Gasteiger partial charge in [-0.2, -0.15) is 5.10 Å². The Hall–Kier alpha value is -4.13. The zero-order chi connectivity index (χ0) is 30.3. The highest BCUT2D eigenvalue weighted by Crippen LogP contribution is 2.35. The van der Waals surface area contributed by atoms with Gasteiger partial charge >= 0.3 is 12.2 Å². The van der Waals surface area contributed by atoms with E-state index in [1.165, 1.54) is 17.5 Å². The molecule has 0 bridgehead atoms. The topological polar surface area (TPSA) is 140 Å². The van der Waals surface area contributed by atoms with E-state index in [9.17, 15) is 14.4 Å². The number of nitrogens with zero attached hydrogens (tertiary/aromatic N) is 4. The molecule has 13 heteroatoms. The van der Waals surface area contributed by atoms with E-state index in [0.29, 0.717) is 29.8 Å². The first-order chi connectivity index (χ1) is 20.0. The monoisotopic (exact) mass is 597 g/mol. The predicted molar refractivity (Wildman–Crippen MR) is 163 cm³/mol. The molecule has 4 rings (SSSR count). The first kappa shape index (κ1) is 30.8. The van der Waals surface area contributed by atoms with Crippen LogP contribution in [0.2, 0.25) is 0 Å². The van der Waals surface area contributed by atoms with Crippen LogP contribution >= 0.6 is 11.3 Å². The van der Waals surface area contributed by atoms with Crippen molar-refractivity contribution in [2.45, 2.75) is 52.6 Å². The molecule has 3 aromatic rings. The van der Waals surface area contributed by atoms with Gasteiger partial charge < -0.3 is 25.0 Å². The number of aromatic nitrogens is 3. The molecule has 1 aliphatic heterocycles. The van der Waals surface area contributed by atoms with E-state index in [0.717, 1.165) is 43.6 Å². The molecule has 3 amide bonds. The largest absolute Gasteiger partial charge is 0.450 e. The van der Waals surface area contributed by atoms with Crippen molar-refractivity contribution in [3.8, 4) is 10.6 Å². The van der Waals surface area contributed by atoms with Gasteiger partial charge in [0.1, 0.15) is 15.6 Å². The van der Waals surface area contributed by atoms with E-state index >= 15 is 0 Å². The molecule has 0 saturated carbocycles. The fraction of sp³-hybridized carbons (Fsp3) is 0.483. The molecule has 1 fully saturated rings. The molecule has 1 aliphatic rings. The molecule has 3 heterocycles. The Labute approximate surface area is 249 Å². The van der Waals surface area contributed by atoms with E-state index in [1.807, 2.05) is 24.3 Å². The number of carbonyl (C=O) groups excluding carboxylic acids is 3. The lowest BCUT2D eigenvalue weighted by Gasteiger charge is -2.19. The molecular formula is C29H39N7O5S. The molecular weight excluding hydrogens is 558 g/mol. The summed E-state index contributed by atoms with van der Waals surface area (Å²) in [7, 11) is 1.75. The molecule has 2 aromatic heterocycles. The lowest BCUT2D eigenvalue weighted by atomic mass is 10.1. The number of ether oxygens (including phenoxy) is 2. The summed E-state index contributed by atoms with van der Waals surface area (Å²) in [5.74, 6) is -0.171. The first-order valence-corrected chi connectivity index (χ1v) is 14.9. The molecule has 0 radical (unpaired) electrons. The second kappa shape index (κ2) is 13.7. The van der Waals surface area contributed by atoms with Crippen LogP contribution in [0.5, 0.6) is 0 Å². The van der Waals surface area contributed by atoms with Crippen LogP contribution in [-0.4, -0.2) is 64.7 Å². The van der Waals surface area contributed by atoms with Gasteiger partial charge in [0.15, 0.2) is 5.69 Å². The molecule has 1 aromatic carbocycles. The average molecular weight is 598 g/mol. The number of thiazole rings is 1. The molecule has 42 heavy (non-hydrogen) atoms. The van der Waals surface area contributed by atoms with Crippen molar-refractivity contribution < 1.29 is 23.9 Å². The number of amides is 3. The molecule has 226 valence electrons. The summed E-state index contributed by atoms with van der Waals surface area (Å²) in [6, 6.07) is 7.92. The zero-order valence-corrected chi connectivity index (χ0v) is 25.5. The maximum absolute atomic E-state index is 13.2. The van der Waals surface area contributed by atoms with E-state index in [-0.39, 0.29) is 16.8 Å². The third-order valence-corrected chi connectivity index (χ3v) is 7.45. The summed E-state index contributed by atoms with van der Waals surface area (Å²) < 4.78 is 12.2. The first-order valence-electron chi connectivity index (χ1n) is 14.1. The summed E-state index contributed by atoms with van der Waals surface area (Å²) >= 11 is 1.20. The summed E-state index contributed by atoms with van der Waals surface area (Å²) in [5, 5.41) is 13.3. The summed E-state index contributed by atoms with van der Waals surface area (Å²) in [4.78, 5) is 44.6. The molecule has 3 N–H and O–H groups in total. The Morgan fingerprint density at radius 3 is 2.69 bits per heavy atom. The SMILES string of the molecule is CCCCOC(=O)NC[C@H]1CCN(c2cccc(-c3nc(C(=O)Nc4cnn(C)c4)c(NC(=O)OC(C)(C)C)s3)c2)C1. The number of nitrogens with one attached hydrogen (secondary N) is 3. The quantitative estimate of drug-likeness (QED) is 0.261. The van der Waals surface area contributed by atoms with Crippen LogP contribution < -0.4 is 20.9 Å². The Morgan fingerprint density at radius 2 is 1.98 bits per heavy atom. The van der Waals surface area contributed by atoms with Crippen molar-refractivity contribution in [2.75, 3.05) is 41.8 Å². The maximum Gasteiger partial charge on any atom is 0.412 e. The maximum atomic E-state index is 13.2. The molecule has 12 nitrogen and oxygen atoms in total. The molecule has 0 aliphatic carbocycles. The second-order valence-electron chi connectivity index (χ2n) is 11.2. The highest BCUT2D eigenvalue weighted by atomic mass is 32.1. The van der Waals surface area contributed by atoms with Gasteiger partial charge in [0, 0.05) is 44.1 Å². The van der Waals surface area contributed by atoms with Crippen LogP contribution in [-0.2, 0) is 16.5 Å². The van der Waals surface area contributed by atoms with Crippen LogP contribution in [0.15, 0.2) is 36.7 Å². The van der Waals surface area contributed by atoms with Gasteiger partial charge in [0.05, 0.1) is 18.5 Å². The summed E-state index contributed by atoms with van der Waals surface area (Å²) in [6.07, 6.45) is 4.94. The third-order valence-electron chi connectivity index (χ3n) is 6.43. The Bertz CT molecular complexity index is 1400. The normalized spacial score (nSPS) is 14.9. The molecule has 1 atom stereocenters. The van der Waals surface area contributed by atoms with Gasteiger partial charge in [-0.15, -0.1) is 0 Å². The minimum atomic E-state index is -0.706. The van der Waals surface area contributed by atoms with Crippen LogP contribution in [0.3, 0.4) is 0 Å². The average Bonchev–Trinajstić information content (AvgIpc) is 3.67. The van der Waals surface area contributed by atoms with Crippen molar-refractivity contribution in [2.24, 2.45) is 13.0 Å². The van der Waals surface area contributed by atoms with Crippen molar-refractivity contribution in [3.05, 3.63) is 42.4 Å². The fourth-order valence-corrected chi connectivity index (χ4v) is 5.36. The number of alkyl carbamates (subject to hydrolysis) is 1. The summed E-state index contributed by atoms with van der Waals surface area (Å²) in [6.45, 7) is 9.99. The smallest absolute Gasteiger partial charge is 0.412 e. The minimum Gasteiger partial charge on any atom is -0.450 e. The molecule has 1 saturated heterocycles. The van der Waals surface area contributed by atoms with Crippen LogP contribution in [0.4, 0.5) is 26.0 Å². The highest BCUT2D eigenvalue weighted by Gasteiger charge is 2.26. The predicted octanol–water partition coefficient (Wildman–Crippen LogP) is 5.50. The lowest BCUT2D eigenvalue weighted by Crippen LogP contribution is -2.31. The van der Waals surface area contributed by atoms with Crippen LogP contribution in [0, 0.1) is 5.92 Å². The Balaban J connectivity index is 1.48. The van der Waals surface area contributed by atoms with Gasteiger partial charge in [-0.1, -0.05) is 36.8 Å². The van der Waals surface area contributed by atoms with Gasteiger partial charge in [-0.25, -0.2) is 14.6 Å². The van der Waals surface area contributed by atoms with Crippen LogP contribution in [0.1, 0.15) is 57.4 Å². The van der Waals surface area contributed by atoms with Gasteiger partial charge in [0.2, 0.25) is 0 Å². The number of benzene rings is 1. The van der Waals surface area contributed by atoms with Gasteiger partial charge in [-0.3, -0.25) is 14.8 Å². The zero-order valence-electron chi connectivity index (χ0n) is 24.7.